The predicted molar refractivity (Wildman–Crippen MR) is 75.7 cm³/mol. The molecule has 0 radical (unpaired) electrons. The zero-order valence-corrected chi connectivity index (χ0v) is 10.6. The molecule has 0 fully saturated rings. The number of hydrogen-bond acceptors (Lipinski definition) is 4. The van der Waals surface area contributed by atoms with Crippen LogP contribution in [0.3, 0.4) is 0 Å². The van der Waals surface area contributed by atoms with Crippen LogP contribution in [0.1, 0.15) is 13.3 Å². The maximum Gasteiger partial charge on any atom is 0.0606 e. The number of hydrogen-bond donors (Lipinski definition) is 2. The largest absolute Gasteiger partial charge is 0.398 e. The molecule has 4 nitrogen and oxygen atoms in total. The summed E-state index contributed by atoms with van der Waals surface area (Å²) in [5.41, 5.74) is 7.81. The molecule has 0 unspecified atom stereocenters. The van der Waals surface area contributed by atoms with Crippen LogP contribution < -0.4 is 10.6 Å². The predicted octanol–water partition coefficient (Wildman–Crippen LogP) is 2.03. The highest BCUT2D eigenvalue weighted by atomic mass is 16.3. The third-order valence-electron chi connectivity index (χ3n) is 3.03. The molecule has 2 aromatic rings. The molecule has 1 aromatic carbocycles. The van der Waals surface area contributed by atoms with E-state index in [9.17, 15) is 5.11 Å². The van der Waals surface area contributed by atoms with Gasteiger partial charge in [0, 0.05) is 47.6 Å². The van der Waals surface area contributed by atoms with Crippen LogP contribution in [0.15, 0.2) is 30.6 Å². The zero-order chi connectivity index (χ0) is 13.0. The summed E-state index contributed by atoms with van der Waals surface area (Å²) in [6.07, 6.45) is 4.60. The van der Waals surface area contributed by atoms with Gasteiger partial charge in [0.2, 0.25) is 0 Å². The highest BCUT2D eigenvalue weighted by molar-refractivity contribution is 6.00. The standard InChI is InChI=1S/C14H19N3O/c1-2-7-17(8-9-18)14-4-3-13(15)12-10-16-6-5-11(12)14/h3-6,10,18H,2,7-9,15H2,1H3. The summed E-state index contributed by atoms with van der Waals surface area (Å²) in [5, 5.41) is 11.2. The fraction of sp³-hybridized carbons (Fsp3) is 0.357. The van der Waals surface area contributed by atoms with E-state index in [0.29, 0.717) is 6.54 Å². The number of anilines is 2. The van der Waals surface area contributed by atoms with E-state index in [1.807, 2.05) is 18.2 Å². The number of fused-ring (bicyclic) bond motifs is 1. The van der Waals surface area contributed by atoms with Gasteiger partial charge in [-0.3, -0.25) is 4.98 Å². The molecule has 0 saturated heterocycles. The van der Waals surface area contributed by atoms with Crippen LogP contribution in [0, 0.1) is 0 Å². The quantitative estimate of drug-likeness (QED) is 0.791. The Morgan fingerprint density at radius 2 is 2.06 bits per heavy atom. The molecular formula is C14H19N3O. The summed E-state index contributed by atoms with van der Waals surface area (Å²) in [4.78, 5) is 6.30. The first-order valence-corrected chi connectivity index (χ1v) is 6.26. The van der Waals surface area contributed by atoms with Gasteiger partial charge in [0.05, 0.1) is 6.61 Å². The molecule has 18 heavy (non-hydrogen) atoms. The molecule has 2 rings (SSSR count). The lowest BCUT2D eigenvalue weighted by atomic mass is 10.1. The van der Waals surface area contributed by atoms with Crippen molar-refractivity contribution in [2.45, 2.75) is 13.3 Å². The maximum atomic E-state index is 9.17. The molecule has 4 heteroatoms. The Kier molecular flexibility index (Phi) is 3.99. The average Bonchev–Trinajstić information content (AvgIpc) is 2.39. The van der Waals surface area contributed by atoms with E-state index >= 15 is 0 Å². The lowest BCUT2D eigenvalue weighted by Gasteiger charge is -2.25. The topological polar surface area (TPSA) is 62.4 Å². The lowest BCUT2D eigenvalue weighted by Crippen LogP contribution is -2.27. The van der Waals surface area contributed by atoms with Gasteiger partial charge in [-0.05, 0) is 24.6 Å². The number of nitrogens with zero attached hydrogens (tertiary/aromatic N) is 2. The van der Waals surface area contributed by atoms with Crippen LogP contribution in [0.5, 0.6) is 0 Å². The van der Waals surface area contributed by atoms with Crippen molar-refractivity contribution >= 4 is 22.1 Å². The van der Waals surface area contributed by atoms with Gasteiger partial charge in [-0.15, -0.1) is 0 Å². The van der Waals surface area contributed by atoms with E-state index < -0.39 is 0 Å². The van der Waals surface area contributed by atoms with Crippen LogP contribution in [-0.4, -0.2) is 29.8 Å². The molecule has 0 bridgehead atoms. The summed E-state index contributed by atoms with van der Waals surface area (Å²) in [5.74, 6) is 0. The number of nitrogens with two attached hydrogens (primary N) is 1. The zero-order valence-electron chi connectivity index (χ0n) is 10.6. The smallest absolute Gasteiger partial charge is 0.0606 e. The number of pyridine rings is 1. The first kappa shape index (κ1) is 12.6. The number of nitrogen functional groups attached to an aromatic ring is 1. The fourth-order valence-corrected chi connectivity index (χ4v) is 2.22. The van der Waals surface area contributed by atoms with Crippen molar-refractivity contribution < 1.29 is 5.11 Å². The van der Waals surface area contributed by atoms with Gasteiger partial charge in [-0.25, -0.2) is 0 Å². The molecule has 0 aliphatic heterocycles. The molecule has 0 amide bonds. The van der Waals surface area contributed by atoms with Crippen molar-refractivity contribution in [3.63, 3.8) is 0 Å². The van der Waals surface area contributed by atoms with Crippen LogP contribution >= 0.6 is 0 Å². The van der Waals surface area contributed by atoms with Gasteiger partial charge in [0.25, 0.3) is 0 Å². The van der Waals surface area contributed by atoms with Crippen molar-refractivity contribution in [3.05, 3.63) is 30.6 Å². The molecule has 96 valence electrons. The number of benzene rings is 1. The van der Waals surface area contributed by atoms with Gasteiger partial charge in [-0.1, -0.05) is 6.92 Å². The molecular weight excluding hydrogens is 226 g/mol. The number of aromatic nitrogens is 1. The Bertz CT molecular complexity index is 521. The minimum Gasteiger partial charge on any atom is -0.398 e. The van der Waals surface area contributed by atoms with Crippen molar-refractivity contribution in [1.29, 1.82) is 0 Å². The Hall–Kier alpha value is -1.81. The second-order valence-corrected chi connectivity index (χ2v) is 4.31. The molecule has 0 aliphatic rings. The van der Waals surface area contributed by atoms with E-state index in [4.69, 9.17) is 5.73 Å². The Labute approximate surface area is 107 Å². The van der Waals surface area contributed by atoms with Gasteiger partial charge in [0.1, 0.15) is 0 Å². The number of aliphatic hydroxyl groups excluding tert-OH is 1. The highest BCUT2D eigenvalue weighted by Gasteiger charge is 2.10. The Morgan fingerprint density at radius 3 is 2.78 bits per heavy atom. The summed E-state index contributed by atoms with van der Waals surface area (Å²) in [6, 6.07) is 5.89. The Balaban J connectivity index is 2.52. The van der Waals surface area contributed by atoms with Crippen molar-refractivity contribution in [2.24, 2.45) is 0 Å². The lowest BCUT2D eigenvalue weighted by molar-refractivity contribution is 0.302. The molecule has 1 heterocycles. The van der Waals surface area contributed by atoms with Crippen molar-refractivity contribution in [1.82, 2.24) is 4.98 Å². The van der Waals surface area contributed by atoms with Gasteiger partial charge in [-0.2, -0.15) is 0 Å². The fourth-order valence-electron chi connectivity index (χ4n) is 2.22. The van der Waals surface area contributed by atoms with Crippen molar-refractivity contribution in [2.75, 3.05) is 30.3 Å². The first-order valence-electron chi connectivity index (χ1n) is 6.26. The van der Waals surface area contributed by atoms with E-state index in [0.717, 1.165) is 35.1 Å². The monoisotopic (exact) mass is 245 g/mol. The third-order valence-corrected chi connectivity index (χ3v) is 3.03. The van der Waals surface area contributed by atoms with E-state index in [1.165, 1.54) is 0 Å². The Morgan fingerprint density at radius 1 is 1.22 bits per heavy atom. The maximum absolute atomic E-state index is 9.17. The van der Waals surface area contributed by atoms with Crippen LogP contribution in [-0.2, 0) is 0 Å². The minimum absolute atomic E-state index is 0.150. The molecule has 0 saturated carbocycles. The van der Waals surface area contributed by atoms with Crippen LogP contribution in [0.2, 0.25) is 0 Å². The second-order valence-electron chi connectivity index (χ2n) is 4.31. The summed E-state index contributed by atoms with van der Waals surface area (Å²) in [7, 11) is 0. The van der Waals surface area contributed by atoms with Crippen LogP contribution in [0.25, 0.3) is 10.8 Å². The minimum atomic E-state index is 0.150. The summed E-state index contributed by atoms with van der Waals surface area (Å²) in [6.45, 7) is 3.83. The van der Waals surface area contributed by atoms with Crippen molar-refractivity contribution in [3.8, 4) is 0 Å². The van der Waals surface area contributed by atoms with Gasteiger partial charge in [0.15, 0.2) is 0 Å². The molecule has 1 aromatic heterocycles. The number of rotatable bonds is 5. The summed E-state index contributed by atoms with van der Waals surface area (Å²) < 4.78 is 0. The molecule has 3 N–H and O–H groups in total. The van der Waals surface area contributed by atoms with Gasteiger partial charge >= 0.3 is 0 Å². The van der Waals surface area contributed by atoms with E-state index in [2.05, 4.69) is 16.8 Å². The highest BCUT2D eigenvalue weighted by Crippen LogP contribution is 2.30. The molecule has 0 spiro atoms. The average molecular weight is 245 g/mol. The molecule has 0 atom stereocenters. The van der Waals surface area contributed by atoms with E-state index in [1.54, 1.807) is 12.4 Å². The summed E-state index contributed by atoms with van der Waals surface area (Å²) >= 11 is 0. The van der Waals surface area contributed by atoms with Crippen LogP contribution in [0.4, 0.5) is 11.4 Å². The second kappa shape index (κ2) is 5.69. The third kappa shape index (κ3) is 2.38. The first-order chi connectivity index (χ1) is 8.77. The normalized spacial score (nSPS) is 10.8. The van der Waals surface area contributed by atoms with E-state index in [-0.39, 0.29) is 6.61 Å². The number of aliphatic hydroxyl groups is 1. The SMILES string of the molecule is CCCN(CCO)c1ccc(N)c2cnccc12. The molecule has 0 aliphatic carbocycles. The van der Waals surface area contributed by atoms with Gasteiger partial charge < -0.3 is 15.7 Å².